The maximum absolute atomic E-state index is 14.2. The van der Waals surface area contributed by atoms with E-state index < -0.39 is 5.82 Å². The molecule has 4 nitrogen and oxygen atoms in total. The number of thiazole rings is 1. The normalized spacial score (nSPS) is 14.5. The van der Waals surface area contributed by atoms with Crippen molar-refractivity contribution in [1.82, 2.24) is 9.97 Å². The van der Waals surface area contributed by atoms with Crippen molar-refractivity contribution in [2.75, 3.05) is 36.6 Å². The fourth-order valence-corrected chi connectivity index (χ4v) is 4.69. The van der Waals surface area contributed by atoms with Crippen LogP contribution in [-0.4, -0.2) is 41.7 Å². The fraction of sp³-hybridized carbons (Fsp3) is 0.263. The van der Waals surface area contributed by atoms with Gasteiger partial charge in [0.2, 0.25) is 0 Å². The van der Waals surface area contributed by atoms with Gasteiger partial charge < -0.3 is 9.64 Å². The van der Waals surface area contributed by atoms with Crippen LogP contribution in [0.5, 0.6) is 5.75 Å². The Morgan fingerprint density at radius 2 is 1.85 bits per heavy atom. The number of benzene rings is 1. The first kappa shape index (κ1) is 17.3. The predicted molar refractivity (Wildman–Crippen MR) is 107 cm³/mol. The van der Waals surface area contributed by atoms with Crippen molar-refractivity contribution in [3.63, 3.8) is 0 Å². The summed E-state index contributed by atoms with van der Waals surface area (Å²) in [7, 11) is 1.49. The first-order valence-corrected chi connectivity index (χ1v) is 10.3. The molecule has 134 valence electrons. The first-order chi connectivity index (χ1) is 12.7. The first-order valence-electron chi connectivity index (χ1n) is 8.33. The van der Waals surface area contributed by atoms with Crippen molar-refractivity contribution in [1.29, 1.82) is 0 Å². The average Bonchev–Trinajstić information content (AvgIpc) is 3.18. The topological polar surface area (TPSA) is 38.3 Å². The van der Waals surface area contributed by atoms with Crippen LogP contribution in [0.4, 0.5) is 10.1 Å². The quantitative estimate of drug-likeness (QED) is 0.655. The largest absolute Gasteiger partial charge is 0.495 e. The van der Waals surface area contributed by atoms with Crippen LogP contribution in [0.2, 0.25) is 0 Å². The molecule has 0 aliphatic carbocycles. The van der Waals surface area contributed by atoms with E-state index in [0.29, 0.717) is 10.8 Å². The molecule has 4 rings (SSSR count). The minimum atomic E-state index is -0.427. The summed E-state index contributed by atoms with van der Waals surface area (Å²) < 4.78 is 19.2. The van der Waals surface area contributed by atoms with Gasteiger partial charge in [0.1, 0.15) is 16.5 Å². The van der Waals surface area contributed by atoms with Crippen LogP contribution in [-0.2, 0) is 0 Å². The Morgan fingerprint density at radius 1 is 1.08 bits per heavy atom. The maximum Gasteiger partial charge on any atom is 0.155 e. The van der Waals surface area contributed by atoms with E-state index in [1.165, 1.54) is 47.9 Å². The number of aromatic nitrogens is 2. The molecule has 1 fully saturated rings. The van der Waals surface area contributed by atoms with E-state index >= 15 is 0 Å². The van der Waals surface area contributed by atoms with E-state index in [-0.39, 0.29) is 5.69 Å². The molecule has 26 heavy (non-hydrogen) atoms. The molecule has 3 heterocycles. The van der Waals surface area contributed by atoms with Gasteiger partial charge in [-0.15, -0.1) is 11.3 Å². The summed E-state index contributed by atoms with van der Waals surface area (Å²) in [6.45, 7) is 2.19. The summed E-state index contributed by atoms with van der Waals surface area (Å²) in [5, 5.41) is 0.567. The van der Waals surface area contributed by atoms with Gasteiger partial charge in [0.25, 0.3) is 0 Å². The third kappa shape index (κ3) is 3.54. The zero-order chi connectivity index (χ0) is 17.9. The highest BCUT2D eigenvalue weighted by molar-refractivity contribution is 7.99. The Morgan fingerprint density at radius 3 is 2.54 bits per heavy atom. The smallest absolute Gasteiger partial charge is 0.155 e. The molecule has 1 aromatic carbocycles. The van der Waals surface area contributed by atoms with Gasteiger partial charge >= 0.3 is 0 Å². The Balaban J connectivity index is 1.56. The zero-order valence-corrected chi connectivity index (χ0v) is 15.9. The van der Waals surface area contributed by atoms with Gasteiger partial charge in [0.15, 0.2) is 5.82 Å². The SMILES string of the molecule is COc1cnc(-c2ncc(-c3ccc(N4CCSCC4)cc3)s2)c(F)c1. The summed E-state index contributed by atoms with van der Waals surface area (Å²) in [6, 6.07) is 9.83. The van der Waals surface area contributed by atoms with Crippen LogP contribution < -0.4 is 9.64 Å². The minimum Gasteiger partial charge on any atom is -0.495 e. The molecule has 0 spiro atoms. The zero-order valence-electron chi connectivity index (χ0n) is 14.3. The van der Waals surface area contributed by atoms with E-state index in [2.05, 4.69) is 39.1 Å². The van der Waals surface area contributed by atoms with Crippen LogP contribution in [0.25, 0.3) is 21.1 Å². The highest BCUT2D eigenvalue weighted by atomic mass is 32.2. The molecule has 1 aliphatic rings. The predicted octanol–water partition coefficient (Wildman–Crippen LogP) is 4.57. The number of rotatable bonds is 4. The number of thioether (sulfide) groups is 1. The molecule has 0 atom stereocenters. The van der Waals surface area contributed by atoms with Crippen LogP contribution in [0.3, 0.4) is 0 Å². The van der Waals surface area contributed by atoms with Crippen LogP contribution in [0, 0.1) is 5.82 Å². The minimum absolute atomic E-state index is 0.254. The molecule has 2 aromatic heterocycles. The summed E-state index contributed by atoms with van der Waals surface area (Å²) in [5.74, 6) is 2.33. The molecule has 7 heteroatoms. The summed E-state index contributed by atoms with van der Waals surface area (Å²) in [6.07, 6.45) is 3.28. The Kier molecular flexibility index (Phi) is 5.08. The van der Waals surface area contributed by atoms with E-state index in [1.54, 1.807) is 6.20 Å². The summed E-state index contributed by atoms with van der Waals surface area (Å²) >= 11 is 3.44. The number of anilines is 1. The van der Waals surface area contributed by atoms with Crippen molar-refractivity contribution in [2.45, 2.75) is 0 Å². The molecular formula is C19H18FN3OS2. The summed E-state index contributed by atoms with van der Waals surface area (Å²) in [5.41, 5.74) is 2.59. The van der Waals surface area contributed by atoms with Gasteiger partial charge in [0.05, 0.1) is 18.2 Å². The fourth-order valence-electron chi connectivity index (χ4n) is 2.86. The van der Waals surface area contributed by atoms with Crippen molar-refractivity contribution >= 4 is 28.8 Å². The van der Waals surface area contributed by atoms with Crippen molar-refractivity contribution in [3.05, 3.63) is 48.5 Å². The van der Waals surface area contributed by atoms with Gasteiger partial charge in [-0.25, -0.2) is 14.4 Å². The van der Waals surface area contributed by atoms with Crippen molar-refractivity contribution < 1.29 is 9.13 Å². The molecule has 0 N–H and O–H groups in total. The van der Waals surface area contributed by atoms with E-state index in [1.807, 2.05) is 11.8 Å². The van der Waals surface area contributed by atoms with Gasteiger partial charge in [-0.2, -0.15) is 11.8 Å². The lowest BCUT2D eigenvalue weighted by molar-refractivity contribution is 0.409. The molecular weight excluding hydrogens is 369 g/mol. The van der Waals surface area contributed by atoms with Gasteiger partial charge in [-0.05, 0) is 17.7 Å². The van der Waals surface area contributed by atoms with Gasteiger partial charge in [-0.1, -0.05) is 12.1 Å². The number of ether oxygens (including phenoxy) is 1. The maximum atomic E-state index is 14.2. The van der Waals surface area contributed by atoms with E-state index in [4.69, 9.17) is 4.74 Å². The van der Waals surface area contributed by atoms with E-state index in [9.17, 15) is 4.39 Å². The third-order valence-electron chi connectivity index (χ3n) is 4.29. The number of hydrogen-bond acceptors (Lipinski definition) is 6. The second-order valence-corrected chi connectivity index (χ2v) is 8.14. The second kappa shape index (κ2) is 7.63. The standard InChI is InChI=1S/C19H18FN3OS2/c1-24-15-10-16(20)18(21-11-15)19-22-12-17(26-19)13-2-4-14(5-3-13)23-6-8-25-9-7-23/h2-5,10-12H,6-9H2,1H3. The Labute approximate surface area is 160 Å². The van der Waals surface area contributed by atoms with Crippen LogP contribution in [0.15, 0.2) is 42.7 Å². The number of hydrogen-bond donors (Lipinski definition) is 0. The molecule has 0 saturated carbocycles. The second-order valence-electron chi connectivity index (χ2n) is 5.88. The summed E-state index contributed by atoms with van der Waals surface area (Å²) in [4.78, 5) is 11.9. The Hall–Kier alpha value is -2.12. The van der Waals surface area contributed by atoms with Crippen molar-refractivity contribution in [3.8, 4) is 26.9 Å². The molecule has 1 aliphatic heterocycles. The third-order valence-corrected chi connectivity index (χ3v) is 6.28. The lowest BCUT2D eigenvalue weighted by atomic mass is 10.2. The monoisotopic (exact) mass is 387 g/mol. The average molecular weight is 388 g/mol. The molecule has 0 radical (unpaired) electrons. The Bertz CT molecular complexity index is 892. The van der Waals surface area contributed by atoms with Gasteiger partial charge in [-0.3, -0.25) is 0 Å². The highest BCUT2D eigenvalue weighted by Gasteiger charge is 2.14. The number of halogens is 1. The van der Waals surface area contributed by atoms with Crippen molar-refractivity contribution in [2.24, 2.45) is 0 Å². The number of methoxy groups -OCH3 is 1. The molecule has 3 aromatic rings. The lowest BCUT2D eigenvalue weighted by Gasteiger charge is -2.28. The molecule has 1 saturated heterocycles. The van der Waals surface area contributed by atoms with Crippen LogP contribution in [0.1, 0.15) is 0 Å². The number of pyridine rings is 1. The lowest BCUT2D eigenvalue weighted by Crippen LogP contribution is -2.32. The van der Waals surface area contributed by atoms with Gasteiger partial charge in [0, 0.05) is 42.5 Å². The molecule has 0 unspecified atom stereocenters. The van der Waals surface area contributed by atoms with E-state index in [0.717, 1.165) is 23.5 Å². The molecule has 0 bridgehead atoms. The van der Waals surface area contributed by atoms with Crippen LogP contribution >= 0.6 is 23.1 Å². The number of nitrogens with zero attached hydrogens (tertiary/aromatic N) is 3. The molecule has 0 amide bonds. The highest BCUT2D eigenvalue weighted by Crippen LogP contribution is 2.34.